The molecule has 0 saturated heterocycles. The summed E-state index contributed by atoms with van der Waals surface area (Å²) < 4.78 is 0. The normalized spacial score (nSPS) is 11.5. The van der Waals surface area contributed by atoms with Crippen molar-refractivity contribution in [2.75, 3.05) is 0 Å². The first-order valence-electron chi connectivity index (χ1n) is 13.9. The number of benzene rings is 7. The molecule has 8 aromatic rings. The van der Waals surface area contributed by atoms with Crippen LogP contribution in [0.25, 0.3) is 65.3 Å². The number of pyridine rings is 1. The number of hydrogen-bond acceptors (Lipinski definition) is 2. The summed E-state index contributed by atoms with van der Waals surface area (Å²) >= 11 is 1.88. The maximum atomic E-state index is 4.62. The van der Waals surface area contributed by atoms with Crippen LogP contribution in [0, 0.1) is 0 Å². The van der Waals surface area contributed by atoms with Crippen LogP contribution in [0.15, 0.2) is 162 Å². The smallest absolute Gasteiger partial charge is 0.0353 e. The molecule has 0 atom stereocenters. The Morgan fingerprint density at radius 2 is 1.07 bits per heavy atom. The van der Waals surface area contributed by atoms with Crippen LogP contribution in [0.4, 0.5) is 0 Å². The monoisotopic (exact) mass is 539 g/mol. The number of fused-ring (bicyclic) bond motifs is 4. The zero-order valence-electron chi connectivity index (χ0n) is 22.3. The summed E-state index contributed by atoms with van der Waals surface area (Å²) in [7, 11) is 0. The van der Waals surface area contributed by atoms with Crippen molar-refractivity contribution in [1.29, 1.82) is 0 Å². The third-order valence-corrected chi connectivity index (χ3v) is 9.27. The molecule has 0 bridgehead atoms. The van der Waals surface area contributed by atoms with Gasteiger partial charge in [0.1, 0.15) is 0 Å². The van der Waals surface area contributed by atoms with E-state index in [4.69, 9.17) is 0 Å². The maximum absolute atomic E-state index is 4.62. The Labute approximate surface area is 243 Å². The zero-order valence-corrected chi connectivity index (χ0v) is 23.1. The highest BCUT2D eigenvalue weighted by atomic mass is 32.2. The van der Waals surface area contributed by atoms with Gasteiger partial charge in [0.15, 0.2) is 0 Å². The average molecular weight is 540 g/mol. The first kappa shape index (κ1) is 23.9. The van der Waals surface area contributed by atoms with E-state index < -0.39 is 0 Å². The van der Waals surface area contributed by atoms with Crippen molar-refractivity contribution in [3.8, 4) is 22.3 Å². The first-order valence-corrected chi connectivity index (χ1v) is 14.7. The Morgan fingerprint density at radius 1 is 0.415 bits per heavy atom. The lowest BCUT2D eigenvalue weighted by atomic mass is 9.92. The second kappa shape index (κ2) is 9.92. The SMILES string of the molecule is c1ccc(-c2ccc3ccccc3c2Sc2c3ccccc3c(-c3ccc4ccccc4c3)c3cnccc23)cc1. The van der Waals surface area contributed by atoms with E-state index in [-0.39, 0.29) is 0 Å². The summed E-state index contributed by atoms with van der Waals surface area (Å²) in [5, 5.41) is 9.90. The van der Waals surface area contributed by atoms with E-state index in [0.717, 1.165) is 0 Å². The van der Waals surface area contributed by atoms with Gasteiger partial charge in [-0.3, -0.25) is 4.98 Å². The Morgan fingerprint density at radius 3 is 1.93 bits per heavy atom. The van der Waals surface area contributed by atoms with Gasteiger partial charge in [-0.1, -0.05) is 139 Å². The number of aromatic nitrogens is 1. The molecule has 1 aromatic heterocycles. The lowest BCUT2D eigenvalue weighted by Crippen LogP contribution is -1.92. The van der Waals surface area contributed by atoms with Gasteiger partial charge in [-0.05, 0) is 72.1 Å². The van der Waals surface area contributed by atoms with E-state index >= 15 is 0 Å². The molecule has 0 N–H and O–H groups in total. The maximum Gasteiger partial charge on any atom is 0.0353 e. The van der Waals surface area contributed by atoms with Crippen LogP contribution in [0.1, 0.15) is 0 Å². The van der Waals surface area contributed by atoms with Gasteiger partial charge in [0.2, 0.25) is 0 Å². The fourth-order valence-corrected chi connectivity index (χ4v) is 7.42. The second-order valence-corrected chi connectivity index (χ2v) is 11.4. The van der Waals surface area contributed by atoms with Crippen LogP contribution in [0.2, 0.25) is 0 Å². The highest BCUT2D eigenvalue weighted by Crippen LogP contribution is 2.48. The van der Waals surface area contributed by atoms with Crippen LogP contribution >= 0.6 is 11.8 Å². The third-order valence-electron chi connectivity index (χ3n) is 7.98. The molecule has 2 heteroatoms. The molecule has 0 amide bonds. The molecule has 0 unspecified atom stereocenters. The standard InChI is InChI=1S/C39H25NS/c1-2-11-27(12-3-1)32-21-20-28-13-6-7-15-31(28)38(32)41-39-34-17-9-8-16-33(34)37(36-25-40-23-22-35(36)39)30-19-18-26-10-4-5-14-29(26)24-30/h1-25H. The molecule has 1 heterocycles. The Hall–Kier alpha value is -4.92. The van der Waals surface area contributed by atoms with Gasteiger partial charge in [0, 0.05) is 27.6 Å². The lowest BCUT2D eigenvalue weighted by Gasteiger charge is -2.19. The van der Waals surface area contributed by atoms with Crippen molar-refractivity contribution in [2.24, 2.45) is 0 Å². The zero-order chi connectivity index (χ0) is 27.2. The van der Waals surface area contributed by atoms with Crippen LogP contribution in [0.5, 0.6) is 0 Å². The van der Waals surface area contributed by atoms with Crippen molar-refractivity contribution in [3.63, 3.8) is 0 Å². The van der Waals surface area contributed by atoms with Gasteiger partial charge in [0.05, 0.1) is 0 Å². The minimum Gasteiger partial charge on any atom is -0.264 e. The van der Waals surface area contributed by atoms with Crippen molar-refractivity contribution in [1.82, 2.24) is 4.98 Å². The fraction of sp³-hybridized carbons (Fsp3) is 0. The molecule has 41 heavy (non-hydrogen) atoms. The highest BCUT2D eigenvalue weighted by Gasteiger charge is 2.19. The minimum atomic E-state index is 1.17. The molecule has 0 aliphatic rings. The molecule has 7 aromatic carbocycles. The molecule has 0 saturated carbocycles. The second-order valence-electron chi connectivity index (χ2n) is 10.4. The van der Waals surface area contributed by atoms with E-state index in [2.05, 4.69) is 145 Å². The molecular weight excluding hydrogens is 515 g/mol. The first-order chi connectivity index (χ1) is 20.3. The van der Waals surface area contributed by atoms with Crippen molar-refractivity contribution >= 4 is 54.9 Å². The number of rotatable bonds is 4. The lowest BCUT2D eigenvalue weighted by molar-refractivity contribution is 1.36. The summed E-state index contributed by atoms with van der Waals surface area (Å²) in [6.07, 6.45) is 3.96. The van der Waals surface area contributed by atoms with E-state index in [1.165, 1.54) is 75.1 Å². The molecule has 0 aliphatic heterocycles. The quantitative estimate of drug-likeness (QED) is 0.206. The average Bonchev–Trinajstić information content (AvgIpc) is 3.05. The van der Waals surface area contributed by atoms with E-state index in [0.29, 0.717) is 0 Å². The Kier molecular flexibility index (Phi) is 5.79. The number of nitrogens with zero attached hydrogens (tertiary/aromatic N) is 1. The summed E-state index contributed by atoms with van der Waals surface area (Å²) in [6.45, 7) is 0. The molecule has 0 aliphatic carbocycles. The summed E-state index contributed by atoms with van der Waals surface area (Å²) in [5.74, 6) is 0. The molecule has 0 spiro atoms. The molecule has 0 fully saturated rings. The Bertz CT molecular complexity index is 2180. The topological polar surface area (TPSA) is 12.9 Å². The van der Waals surface area contributed by atoms with E-state index in [1.54, 1.807) is 0 Å². The summed E-state index contributed by atoms with van der Waals surface area (Å²) in [6, 6.07) is 50.3. The predicted molar refractivity (Wildman–Crippen MR) is 176 cm³/mol. The highest BCUT2D eigenvalue weighted by molar-refractivity contribution is 8.00. The molecule has 1 nitrogen and oxygen atoms in total. The van der Waals surface area contributed by atoms with Crippen LogP contribution in [0.3, 0.4) is 0 Å². The van der Waals surface area contributed by atoms with Gasteiger partial charge >= 0.3 is 0 Å². The van der Waals surface area contributed by atoms with Gasteiger partial charge in [-0.25, -0.2) is 0 Å². The predicted octanol–water partition coefficient (Wildman–Crippen LogP) is 11.2. The van der Waals surface area contributed by atoms with Crippen molar-refractivity contribution in [2.45, 2.75) is 9.79 Å². The van der Waals surface area contributed by atoms with Gasteiger partial charge in [0.25, 0.3) is 0 Å². The number of hydrogen-bond donors (Lipinski definition) is 0. The summed E-state index contributed by atoms with van der Waals surface area (Å²) in [4.78, 5) is 7.16. The molecule has 0 radical (unpaired) electrons. The third kappa shape index (κ3) is 4.07. The van der Waals surface area contributed by atoms with Crippen molar-refractivity contribution < 1.29 is 0 Å². The van der Waals surface area contributed by atoms with Gasteiger partial charge in [-0.15, -0.1) is 0 Å². The Balaban J connectivity index is 1.43. The fourth-order valence-electron chi connectivity index (χ4n) is 6.05. The van der Waals surface area contributed by atoms with Crippen LogP contribution < -0.4 is 0 Å². The van der Waals surface area contributed by atoms with E-state index in [1.807, 2.05) is 24.2 Å². The largest absolute Gasteiger partial charge is 0.264 e. The van der Waals surface area contributed by atoms with Gasteiger partial charge in [-0.2, -0.15) is 0 Å². The molecule has 8 rings (SSSR count). The van der Waals surface area contributed by atoms with E-state index in [9.17, 15) is 0 Å². The molecule has 192 valence electrons. The summed E-state index contributed by atoms with van der Waals surface area (Å²) in [5.41, 5.74) is 4.92. The molecular formula is C39H25NS. The van der Waals surface area contributed by atoms with Crippen LogP contribution in [-0.2, 0) is 0 Å². The van der Waals surface area contributed by atoms with Gasteiger partial charge < -0.3 is 0 Å². The minimum absolute atomic E-state index is 1.17. The van der Waals surface area contributed by atoms with Crippen molar-refractivity contribution in [3.05, 3.63) is 152 Å². The van der Waals surface area contributed by atoms with Crippen LogP contribution in [-0.4, -0.2) is 4.98 Å².